The number of pyridine rings is 2. The Balaban J connectivity index is 0.00000181. The number of nitrogens with zero attached hydrogens (tertiary/aromatic N) is 5. The van der Waals surface area contributed by atoms with Crippen molar-refractivity contribution in [1.29, 1.82) is 0 Å². The Morgan fingerprint density at radius 1 is 1.02 bits per heavy atom. The normalized spacial score (nSPS) is 14.2. The molecule has 4 aromatic rings. The maximum Gasteiger partial charge on any atom is 0.416 e. The van der Waals surface area contributed by atoms with Crippen molar-refractivity contribution < 1.29 is 18.0 Å². The van der Waals surface area contributed by atoms with Crippen LogP contribution in [-0.4, -0.2) is 63.5 Å². The van der Waals surface area contributed by atoms with Crippen molar-refractivity contribution in [2.24, 2.45) is 0 Å². The highest BCUT2D eigenvalue weighted by Crippen LogP contribution is 2.33. The first kappa shape index (κ1) is 28.8. The molecule has 0 unspecified atom stereocenters. The van der Waals surface area contributed by atoms with E-state index < -0.39 is 17.6 Å². The number of carbonyl (C=O) groups is 1. The maximum absolute atomic E-state index is 13.9. The smallest absolute Gasteiger partial charge is 0.307 e. The number of alkyl halides is 3. The van der Waals surface area contributed by atoms with Crippen LogP contribution in [0.2, 0.25) is 0 Å². The molecule has 0 radical (unpaired) electrons. The molecule has 0 spiro atoms. The van der Waals surface area contributed by atoms with Gasteiger partial charge in [-0.25, -0.2) is 9.50 Å². The zero-order valence-electron chi connectivity index (χ0n) is 22.7. The molecule has 10 heteroatoms. The van der Waals surface area contributed by atoms with Gasteiger partial charge in [-0.1, -0.05) is 37.8 Å². The molecule has 5 rings (SSSR count). The molecule has 0 saturated carbocycles. The Morgan fingerprint density at radius 2 is 1.80 bits per heavy atom. The molecule has 208 valence electrons. The van der Waals surface area contributed by atoms with Gasteiger partial charge in [0.15, 0.2) is 0 Å². The number of nitrogens with one attached hydrogen (secondary N) is 1. The lowest BCUT2D eigenvalue weighted by molar-refractivity contribution is -0.138. The number of likely N-dealkylation sites (N-methyl/N-ethyl adjacent to an activating group) is 1. The first-order valence-corrected chi connectivity index (χ1v) is 13.1. The highest BCUT2D eigenvalue weighted by molar-refractivity contribution is 6.04. The van der Waals surface area contributed by atoms with E-state index in [1.165, 1.54) is 18.3 Å². The molecule has 0 atom stereocenters. The van der Waals surface area contributed by atoms with Crippen LogP contribution in [0.1, 0.15) is 46.5 Å². The van der Waals surface area contributed by atoms with Crippen LogP contribution in [0.5, 0.6) is 0 Å². The Morgan fingerprint density at radius 3 is 2.55 bits per heavy atom. The van der Waals surface area contributed by atoms with E-state index in [0.717, 1.165) is 30.2 Å². The maximum atomic E-state index is 13.9. The topological polar surface area (TPSA) is 65.8 Å². The number of hydrogen-bond acceptors (Lipinski definition) is 5. The lowest BCUT2D eigenvalue weighted by atomic mass is 10.0. The van der Waals surface area contributed by atoms with Crippen LogP contribution < -0.4 is 5.32 Å². The van der Waals surface area contributed by atoms with E-state index in [-0.39, 0.29) is 23.5 Å². The third kappa shape index (κ3) is 7.05. The molecule has 0 bridgehead atoms. The summed E-state index contributed by atoms with van der Waals surface area (Å²) < 4.78 is 43.4. The van der Waals surface area contributed by atoms with Crippen molar-refractivity contribution >= 4 is 17.2 Å². The van der Waals surface area contributed by atoms with Gasteiger partial charge in [-0.15, -0.1) is 0 Å². The summed E-state index contributed by atoms with van der Waals surface area (Å²) >= 11 is 0. The molecule has 1 aliphatic rings. The molecule has 3 aromatic heterocycles. The molecule has 0 aliphatic carbocycles. The third-order valence-corrected chi connectivity index (χ3v) is 6.44. The van der Waals surface area contributed by atoms with Gasteiger partial charge in [0.25, 0.3) is 5.91 Å². The molecule has 1 aromatic carbocycles. The number of benzene rings is 1. The van der Waals surface area contributed by atoms with Crippen LogP contribution in [0, 0.1) is 11.8 Å². The summed E-state index contributed by atoms with van der Waals surface area (Å²) in [5.74, 6) is 5.59. The van der Waals surface area contributed by atoms with Crippen LogP contribution in [0.4, 0.5) is 19.0 Å². The third-order valence-electron chi connectivity index (χ3n) is 6.44. The molecule has 40 heavy (non-hydrogen) atoms. The second-order valence-corrected chi connectivity index (χ2v) is 9.17. The van der Waals surface area contributed by atoms with Gasteiger partial charge in [-0.3, -0.25) is 9.69 Å². The summed E-state index contributed by atoms with van der Waals surface area (Å²) in [5.41, 5.74) is 1.45. The first-order valence-electron chi connectivity index (χ1n) is 13.1. The van der Waals surface area contributed by atoms with E-state index in [1.54, 1.807) is 22.8 Å². The van der Waals surface area contributed by atoms with E-state index in [1.807, 2.05) is 50.2 Å². The minimum Gasteiger partial charge on any atom is -0.307 e. The minimum absolute atomic E-state index is 0.0934. The van der Waals surface area contributed by atoms with Crippen LogP contribution in [0.25, 0.3) is 5.52 Å². The summed E-state index contributed by atoms with van der Waals surface area (Å²) in [5, 5.41) is 6.84. The number of piperazine rings is 1. The summed E-state index contributed by atoms with van der Waals surface area (Å²) in [4.78, 5) is 21.1. The van der Waals surface area contributed by atoms with E-state index in [0.29, 0.717) is 18.7 Å². The molecule has 1 saturated heterocycles. The molecule has 1 aliphatic heterocycles. The largest absolute Gasteiger partial charge is 0.416 e. The quantitative estimate of drug-likeness (QED) is 0.357. The fourth-order valence-electron chi connectivity index (χ4n) is 4.30. The lowest BCUT2D eigenvalue weighted by Gasteiger charge is -2.33. The predicted octanol–water partition coefficient (Wildman–Crippen LogP) is 5.17. The van der Waals surface area contributed by atoms with Crippen molar-refractivity contribution in [2.75, 3.05) is 38.5 Å². The number of hydrogen-bond donors (Lipinski definition) is 1. The Bertz CT molecular complexity index is 1530. The van der Waals surface area contributed by atoms with E-state index in [4.69, 9.17) is 0 Å². The number of halogens is 3. The molecule has 4 heterocycles. The molecule has 1 amide bonds. The van der Waals surface area contributed by atoms with Crippen molar-refractivity contribution in [3.05, 3.63) is 94.9 Å². The summed E-state index contributed by atoms with van der Waals surface area (Å²) in [6.45, 7) is 7.17. The van der Waals surface area contributed by atoms with E-state index in [2.05, 4.69) is 32.1 Å². The first-order chi connectivity index (χ1) is 19.3. The summed E-state index contributed by atoms with van der Waals surface area (Å²) in [6.07, 6.45) is 0.391. The van der Waals surface area contributed by atoms with Gasteiger partial charge < -0.3 is 10.2 Å². The molecular formula is C30H31F3N6O. The average Bonchev–Trinajstić information content (AvgIpc) is 3.37. The minimum atomic E-state index is -4.58. The number of aromatic nitrogens is 3. The SMILES string of the molecule is CC.CN1CCN(Cc2ccc(C(=O)Nc3cc(C#Cc4cnn5ccccc45)ccn3)cc2C(F)(F)F)CC1. The standard InChI is InChI=1S/C28H25F3N6O.C2H6/c1-35-12-14-36(15-13-35)19-23-8-7-21(17-24(23)28(29,30)31)27(38)34-26-16-20(9-10-32-26)5-6-22-18-33-37-11-3-2-4-25(22)37;1-2/h2-4,7-11,16-18H,12-15,19H2,1H3,(H,32,34,38);1-2H3. The molecule has 1 fully saturated rings. The van der Waals surface area contributed by atoms with Crippen LogP contribution >= 0.6 is 0 Å². The summed E-state index contributed by atoms with van der Waals surface area (Å²) in [7, 11) is 1.99. The average molecular weight is 549 g/mol. The van der Waals surface area contributed by atoms with Crippen molar-refractivity contribution in [3.8, 4) is 11.8 Å². The fraction of sp³-hybridized carbons (Fsp3) is 0.300. The van der Waals surface area contributed by atoms with Crippen LogP contribution in [0.3, 0.4) is 0 Å². The van der Waals surface area contributed by atoms with Gasteiger partial charge in [0, 0.05) is 56.2 Å². The Kier molecular flexibility index (Phi) is 9.19. The summed E-state index contributed by atoms with van der Waals surface area (Å²) in [6, 6.07) is 12.6. The molecular weight excluding hydrogens is 517 g/mol. The van der Waals surface area contributed by atoms with Gasteiger partial charge in [0.1, 0.15) is 5.82 Å². The fourth-order valence-corrected chi connectivity index (χ4v) is 4.30. The monoisotopic (exact) mass is 548 g/mol. The van der Waals surface area contributed by atoms with Gasteiger partial charge >= 0.3 is 6.18 Å². The number of carbonyl (C=O) groups excluding carboxylic acids is 1. The number of amides is 1. The zero-order chi connectivity index (χ0) is 28.7. The highest BCUT2D eigenvalue weighted by Gasteiger charge is 2.34. The van der Waals surface area contributed by atoms with Gasteiger partial charge in [0.2, 0.25) is 0 Å². The van der Waals surface area contributed by atoms with Gasteiger partial charge in [-0.05, 0) is 49.0 Å². The molecule has 1 N–H and O–H groups in total. The van der Waals surface area contributed by atoms with E-state index in [9.17, 15) is 18.0 Å². The van der Waals surface area contributed by atoms with Crippen LogP contribution in [-0.2, 0) is 12.7 Å². The van der Waals surface area contributed by atoms with Gasteiger partial charge in [0.05, 0.1) is 22.8 Å². The Hall–Kier alpha value is -4.20. The van der Waals surface area contributed by atoms with Gasteiger partial charge in [-0.2, -0.15) is 18.3 Å². The van der Waals surface area contributed by atoms with Crippen molar-refractivity contribution in [1.82, 2.24) is 24.4 Å². The predicted molar refractivity (Wildman–Crippen MR) is 149 cm³/mol. The lowest BCUT2D eigenvalue weighted by Crippen LogP contribution is -2.44. The number of rotatable bonds is 4. The molecule has 7 nitrogen and oxygen atoms in total. The van der Waals surface area contributed by atoms with E-state index >= 15 is 0 Å². The van der Waals surface area contributed by atoms with Crippen LogP contribution in [0.15, 0.2) is 67.1 Å². The van der Waals surface area contributed by atoms with Crippen molar-refractivity contribution in [3.63, 3.8) is 0 Å². The Labute approximate surface area is 231 Å². The number of fused-ring (bicyclic) bond motifs is 1. The zero-order valence-corrected chi connectivity index (χ0v) is 22.7. The number of anilines is 1. The second kappa shape index (κ2) is 12.8. The highest BCUT2D eigenvalue weighted by atomic mass is 19.4. The second-order valence-electron chi connectivity index (χ2n) is 9.17. The van der Waals surface area contributed by atoms with Crippen molar-refractivity contribution in [2.45, 2.75) is 26.6 Å².